The molecule has 1 atom stereocenters. The number of aromatic nitrogens is 3. The van der Waals surface area contributed by atoms with Crippen molar-refractivity contribution in [1.29, 1.82) is 0 Å². The Balaban J connectivity index is 0.00000144. The highest BCUT2D eigenvalue weighted by Crippen LogP contribution is 2.25. The van der Waals surface area contributed by atoms with Crippen LogP contribution in [0.5, 0.6) is 0 Å². The zero-order valence-corrected chi connectivity index (χ0v) is 10.1. The highest BCUT2D eigenvalue weighted by molar-refractivity contribution is 7.80. The molecule has 0 amide bonds. The van der Waals surface area contributed by atoms with Gasteiger partial charge in [0.15, 0.2) is 0 Å². The summed E-state index contributed by atoms with van der Waals surface area (Å²) in [6.07, 6.45) is 0. The molecule has 0 radical (unpaired) electrons. The Hall–Kier alpha value is -1.42. The Labute approximate surface area is 102 Å². The first-order valence-corrected chi connectivity index (χ1v) is 5.58. The maximum absolute atomic E-state index is 4.34. The third-order valence-electron chi connectivity index (χ3n) is 2.51. The summed E-state index contributed by atoms with van der Waals surface area (Å²) in [6, 6.07) is 10.2. The van der Waals surface area contributed by atoms with Crippen LogP contribution in [0, 0.1) is 6.92 Å². The van der Waals surface area contributed by atoms with Crippen molar-refractivity contribution in [3.8, 4) is 0 Å². The Kier molecular flexibility index (Phi) is 3.19. The van der Waals surface area contributed by atoms with E-state index in [0.29, 0.717) is 10.9 Å². The molecule has 0 bridgehead atoms. The van der Waals surface area contributed by atoms with Gasteiger partial charge in [0, 0.05) is 5.92 Å². The molecule has 1 unspecified atom stereocenters. The topological polar surface area (TPSA) is 38.7 Å². The summed E-state index contributed by atoms with van der Waals surface area (Å²) in [5, 5.41) is 8.80. The number of hydrogen-bond acceptors (Lipinski definition) is 4. The third kappa shape index (κ3) is 2.22. The smallest absolute Gasteiger partial charge is 0.223 e. The normalized spacial score (nSPS) is 12.4. The molecule has 0 aliphatic heterocycles. The van der Waals surface area contributed by atoms with Gasteiger partial charge in [-0.3, -0.25) is 0 Å². The van der Waals surface area contributed by atoms with Gasteiger partial charge in [0.1, 0.15) is 16.5 Å². The molecule has 4 heteroatoms. The second-order valence-electron chi connectivity index (χ2n) is 3.70. The van der Waals surface area contributed by atoms with E-state index in [1.165, 1.54) is 5.56 Å². The fraction of sp³-hybridized carbons (Fsp3) is 0.250. The lowest BCUT2D eigenvalue weighted by Gasteiger charge is -2.11. The minimum Gasteiger partial charge on any atom is -0.223 e. The standard InChI is InChI=1S/C12H13N3S/c1-8(10-6-4-3-5-7-10)11-12(16)13-9(2)14-15-11/h3-8H,1-2H3,(H,13,14,16)/p+1. The van der Waals surface area contributed by atoms with Gasteiger partial charge >= 0.3 is 1.43 Å². The summed E-state index contributed by atoms with van der Waals surface area (Å²) in [5.41, 5.74) is 2.01. The molecular formula is C12H14N3S+. The van der Waals surface area contributed by atoms with Crippen molar-refractivity contribution in [2.45, 2.75) is 24.8 Å². The zero-order valence-electron chi connectivity index (χ0n) is 10.3. The molecule has 0 aliphatic carbocycles. The Morgan fingerprint density at radius 2 is 1.88 bits per heavy atom. The van der Waals surface area contributed by atoms with Crippen LogP contribution in [0.1, 0.15) is 31.4 Å². The predicted octanol–water partition coefficient (Wildman–Crippen LogP) is 2.73. The van der Waals surface area contributed by atoms with Gasteiger partial charge in [0.2, 0.25) is 0 Å². The van der Waals surface area contributed by atoms with Crippen LogP contribution >= 0.6 is 12.6 Å². The quantitative estimate of drug-likeness (QED) is 0.809. The number of rotatable bonds is 2. The van der Waals surface area contributed by atoms with E-state index in [-0.39, 0.29) is 7.34 Å². The average molecular weight is 232 g/mol. The first-order chi connectivity index (χ1) is 7.68. The molecule has 0 fully saturated rings. The van der Waals surface area contributed by atoms with Gasteiger partial charge in [-0.1, -0.05) is 37.3 Å². The molecule has 82 valence electrons. The fourth-order valence-electron chi connectivity index (χ4n) is 1.58. The van der Waals surface area contributed by atoms with E-state index in [0.717, 1.165) is 5.69 Å². The van der Waals surface area contributed by atoms with Crippen LogP contribution in [0.2, 0.25) is 0 Å². The van der Waals surface area contributed by atoms with Gasteiger partial charge in [-0.2, -0.15) is 5.10 Å². The van der Waals surface area contributed by atoms with Crippen molar-refractivity contribution < 1.29 is 1.43 Å². The maximum atomic E-state index is 4.34. The molecule has 3 nitrogen and oxygen atoms in total. The SMILES string of the molecule is Cc1nnc(C(C)c2ccccc2)c(S)n1.[H+]. The van der Waals surface area contributed by atoms with E-state index >= 15 is 0 Å². The Bertz CT molecular complexity index is 490. The van der Waals surface area contributed by atoms with Crippen molar-refractivity contribution in [3.05, 3.63) is 47.4 Å². The number of hydrogen-bond donors (Lipinski definition) is 1. The molecule has 1 heterocycles. The predicted molar refractivity (Wildman–Crippen MR) is 66.9 cm³/mol. The summed E-state index contributed by atoms with van der Waals surface area (Å²) >= 11 is 4.34. The molecule has 2 aromatic rings. The maximum Gasteiger partial charge on any atom is 1.00 e. The van der Waals surface area contributed by atoms with Crippen molar-refractivity contribution >= 4 is 12.6 Å². The Morgan fingerprint density at radius 3 is 2.50 bits per heavy atom. The van der Waals surface area contributed by atoms with Gasteiger partial charge < -0.3 is 0 Å². The van der Waals surface area contributed by atoms with E-state index in [1.807, 2.05) is 25.1 Å². The Morgan fingerprint density at radius 1 is 1.19 bits per heavy atom. The van der Waals surface area contributed by atoms with E-state index < -0.39 is 0 Å². The molecule has 0 aliphatic rings. The van der Waals surface area contributed by atoms with E-state index in [4.69, 9.17) is 0 Å². The monoisotopic (exact) mass is 232 g/mol. The van der Waals surface area contributed by atoms with Crippen LogP contribution in [-0.4, -0.2) is 15.2 Å². The van der Waals surface area contributed by atoms with E-state index in [9.17, 15) is 0 Å². The zero-order chi connectivity index (χ0) is 11.5. The highest BCUT2D eigenvalue weighted by Gasteiger charge is 2.14. The minimum absolute atomic E-state index is 0. The summed E-state index contributed by atoms with van der Waals surface area (Å²) in [5.74, 6) is 0.809. The second kappa shape index (κ2) is 4.61. The largest absolute Gasteiger partial charge is 1.00 e. The van der Waals surface area contributed by atoms with Gasteiger partial charge in [-0.25, -0.2) is 4.98 Å². The third-order valence-corrected chi connectivity index (χ3v) is 2.84. The summed E-state index contributed by atoms with van der Waals surface area (Å²) < 4.78 is 0. The summed E-state index contributed by atoms with van der Waals surface area (Å²) in [6.45, 7) is 3.89. The average Bonchev–Trinajstić information content (AvgIpc) is 2.29. The van der Waals surface area contributed by atoms with Crippen LogP contribution in [0.3, 0.4) is 0 Å². The molecule has 1 aromatic carbocycles. The second-order valence-corrected chi connectivity index (χ2v) is 4.12. The lowest BCUT2D eigenvalue weighted by molar-refractivity contribution is 0.731. The van der Waals surface area contributed by atoms with Gasteiger partial charge in [0.05, 0.1) is 0 Å². The van der Waals surface area contributed by atoms with Crippen molar-refractivity contribution in [1.82, 2.24) is 15.2 Å². The number of thiol groups is 1. The van der Waals surface area contributed by atoms with Crippen molar-refractivity contribution in [3.63, 3.8) is 0 Å². The molecule has 0 N–H and O–H groups in total. The van der Waals surface area contributed by atoms with Gasteiger partial charge in [0.25, 0.3) is 0 Å². The lowest BCUT2D eigenvalue weighted by atomic mass is 9.98. The lowest BCUT2D eigenvalue weighted by Crippen LogP contribution is -2.05. The summed E-state index contributed by atoms with van der Waals surface area (Å²) in [7, 11) is 0. The molecule has 0 saturated carbocycles. The van der Waals surface area contributed by atoms with Crippen LogP contribution < -0.4 is 0 Å². The molecular weight excluding hydrogens is 218 g/mol. The fourth-order valence-corrected chi connectivity index (χ4v) is 1.97. The molecule has 16 heavy (non-hydrogen) atoms. The summed E-state index contributed by atoms with van der Waals surface area (Å²) in [4.78, 5) is 4.21. The van der Waals surface area contributed by atoms with Crippen molar-refractivity contribution in [2.75, 3.05) is 0 Å². The van der Waals surface area contributed by atoms with Gasteiger partial charge in [-0.05, 0) is 12.5 Å². The van der Waals surface area contributed by atoms with Crippen LogP contribution in [0.15, 0.2) is 35.4 Å². The highest BCUT2D eigenvalue weighted by atomic mass is 32.1. The molecule has 2 rings (SSSR count). The number of nitrogens with zero attached hydrogens (tertiary/aromatic N) is 3. The van der Waals surface area contributed by atoms with Crippen molar-refractivity contribution in [2.24, 2.45) is 0 Å². The number of benzene rings is 1. The number of aryl methyl sites for hydroxylation is 1. The van der Waals surface area contributed by atoms with Crippen LogP contribution in [0.4, 0.5) is 0 Å². The van der Waals surface area contributed by atoms with Crippen LogP contribution in [0.25, 0.3) is 0 Å². The molecule has 0 saturated heterocycles. The van der Waals surface area contributed by atoms with E-state index in [2.05, 4.69) is 46.9 Å². The van der Waals surface area contributed by atoms with Crippen LogP contribution in [-0.2, 0) is 0 Å². The first kappa shape index (κ1) is 11.1. The molecule has 0 spiro atoms. The molecule has 1 aromatic heterocycles. The van der Waals surface area contributed by atoms with Gasteiger partial charge in [-0.15, -0.1) is 17.7 Å². The van der Waals surface area contributed by atoms with E-state index in [1.54, 1.807) is 0 Å². The minimum atomic E-state index is 0. The first-order valence-electron chi connectivity index (χ1n) is 5.13.